The zero-order chi connectivity index (χ0) is 17.1. The number of carbonyl (C=O) groups excluding carboxylic acids is 1. The summed E-state index contributed by atoms with van der Waals surface area (Å²) in [6.45, 7) is 7.54. The number of rotatable bonds is 6. The van der Waals surface area contributed by atoms with Gasteiger partial charge in [0.1, 0.15) is 5.69 Å². The van der Waals surface area contributed by atoms with E-state index in [0.717, 1.165) is 22.3 Å². The van der Waals surface area contributed by atoms with Crippen LogP contribution in [0.25, 0.3) is 10.2 Å². The number of amides is 1. The molecular formula is C19H19ClN2OS. The lowest BCUT2D eigenvalue weighted by molar-refractivity contribution is 0.0752. The van der Waals surface area contributed by atoms with Crippen LogP contribution in [0.5, 0.6) is 0 Å². The fourth-order valence-corrected chi connectivity index (χ4v) is 3.88. The van der Waals surface area contributed by atoms with Crippen LogP contribution in [0.15, 0.2) is 54.4 Å². The van der Waals surface area contributed by atoms with Crippen LogP contribution in [0.3, 0.4) is 0 Å². The van der Waals surface area contributed by atoms with Crippen LogP contribution in [0, 0.1) is 0 Å². The highest BCUT2D eigenvalue weighted by molar-refractivity contribution is 7.17. The summed E-state index contributed by atoms with van der Waals surface area (Å²) in [6, 6.07) is 11.7. The predicted molar refractivity (Wildman–Crippen MR) is 102 cm³/mol. The van der Waals surface area contributed by atoms with E-state index in [1.165, 1.54) is 0 Å². The molecule has 3 rings (SSSR count). The molecule has 0 aliphatic carbocycles. The van der Waals surface area contributed by atoms with Crippen LogP contribution in [-0.4, -0.2) is 21.9 Å². The fraction of sp³-hybridized carbons (Fsp3) is 0.211. The van der Waals surface area contributed by atoms with Crippen LogP contribution in [0.1, 0.15) is 23.0 Å². The van der Waals surface area contributed by atoms with E-state index in [0.29, 0.717) is 23.8 Å². The summed E-state index contributed by atoms with van der Waals surface area (Å²) < 4.78 is 3.20. The van der Waals surface area contributed by atoms with Crippen LogP contribution >= 0.6 is 22.9 Å². The summed E-state index contributed by atoms with van der Waals surface area (Å²) in [5.74, 6) is 0.0000646. The molecule has 0 N–H and O–H groups in total. The number of aryl methyl sites for hydroxylation is 1. The van der Waals surface area contributed by atoms with Crippen molar-refractivity contribution in [1.82, 2.24) is 9.47 Å². The summed E-state index contributed by atoms with van der Waals surface area (Å²) in [5, 5.41) is 2.72. The molecule has 0 saturated carbocycles. The quantitative estimate of drug-likeness (QED) is 0.555. The summed E-state index contributed by atoms with van der Waals surface area (Å²) in [5.41, 5.74) is 2.76. The molecular weight excluding hydrogens is 340 g/mol. The highest BCUT2D eigenvalue weighted by Gasteiger charge is 2.21. The van der Waals surface area contributed by atoms with E-state index < -0.39 is 0 Å². The maximum Gasteiger partial charge on any atom is 0.271 e. The molecule has 0 atom stereocenters. The Morgan fingerprint density at radius 3 is 2.88 bits per heavy atom. The van der Waals surface area contributed by atoms with E-state index >= 15 is 0 Å². The van der Waals surface area contributed by atoms with E-state index in [1.807, 2.05) is 30.3 Å². The summed E-state index contributed by atoms with van der Waals surface area (Å²) in [7, 11) is 0. The minimum Gasteiger partial charge on any atom is -0.336 e. The van der Waals surface area contributed by atoms with E-state index in [9.17, 15) is 4.79 Å². The van der Waals surface area contributed by atoms with Gasteiger partial charge < -0.3 is 9.47 Å². The van der Waals surface area contributed by atoms with E-state index in [-0.39, 0.29) is 5.91 Å². The molecule has 0 radical (unpaired) electrons. The van der Waals surface area contributed by atoms with Gasteiger partial charge in [-0.15, -0.1) is 17.9 Å². The van der Waals surface area contributed by atoms with Crippen LogP contribution in [-0.2, 0) is 13.1 Å². The van der Waals surface area contributed by atoms with Crippen LogP contribution in [0.2, 0.25) is 5.02 Å². The average molecular weight is 359 g/mol. The molecule has 1 aromatic carbocycles. The molecule has 0 aliphatic heterocycles. The normalized spacial score (nSPS) is 10.9. The Kier molecular flexibility index (Phi) is 5.07. The number of hydrogen-bond acceptors (Lipinski definition) is 2. The van der Waals surface area contributed by atoms with Gasteiger partial charge in [-0.2, -0.15) is 0 Å². The van der Waals surface area contributed by atoms with Crippen LogP contribution < -0.4 is 0 Å². The molecule has 0 saturated heterocycles. The topological polar surface area (TPSA) is 25.2 Å². The van der Waals surface area contributed by atoms with Crippen molar-refractivity contribution >= 4 is 39.1 Å². The monoisotopic (exact) mass is 358 g/mol. The maximum absolute atomic E-state index is 13.1. The molecule has 0 spiro atoms. The molecule has 5 heteroatoms. The standard InChI is InChI=1S/C19H19ClN2OS/c1-3-10-21(13-14-7-5-6-8-15(14)20)19(23)17-12-18-16(9-11-24-18)22(17)4-2/h3,5-9,11-12H,1,4,10,13H2,2H3. The van der Waals surface area contributed by atoms with Crippen molar-refractivity contribution in [2.45, 2.75) is 20.0 Å². The lowest BCUT2D eigenvalue weighted by atomic mass is 10.2. The minimum absolute atomic E-state index is 0.0000646. The van der Waals surface area contributed by atoms with Crippen molar-refractivity contribution in [2.24, 2.45) is 0 Å². The molecule has 124 valence electrons. The van der Waals surface area contributed by atoms with Gasteiger partial charge in [-0.3, -0.25) is 4.79 Å². The molecule has 24 heavy (non-hydrogen) atoms. The van der Waals surface area contributed by atoms with Crippen molar-refractivity contribution in [3.63, 3.8) is 0 Å². The Morgan fingerprint density at radius 2 is 2.17 bits per heavy atom. The first-order chi connectivity index (χ1) is 11.7. The zero-order valence-electron chi connectivity index (χ0n) is 13.5. The minimum atomic E-state index is 0.0000646. The Labute approximate surface area is 150 Å². The number of halogens is 1. The SMILES string of the molecule is C=CCN(Cc1ccccc1Cl)C(=O)c1cc2sccc2n1CC. The number of benzene rings is 1. The largest absolute Gasteiger partial charge is 0.336 e. The Bertz CT molecular complexity index is 881. The summed E-state index contributed by atoms with van der Waals surface area (Å²) in [6.07, 6.45) is 1.75. The van der Waals surface area contributed by atoms with Gasteiger partial charge in [0.05, 0.1) is 10.2 Å². The highest BCUT2D eigenvalue weighted by atomic mass is 35.5. The summed E-state index contributed by atoms with van der Waals surface area (Å²) >= 11 is 7.91. The fourth-order valence-electron chi connectivity index (χ4n) is 2.86. The number of hydrogen-bond donors (Lipinski definition) is 0. The maximum atomic E-state index is 13.1. The molecule has 0 unspecified atom stereocenters. The Hall–Kier alpha value is -2.04. The lowest BCUT2D eigenvalue weighted by Gasteiger charge is -2.22. The second-order valence-electron chi connectivity index (χ2n) is 5.51. The number of thiophene rings is 1. The van der Waals surface area contributed by atoms with Gasteiger partial charge in [0.15, 0.2) is 0 Å². The van der Waals surface area contributed by atoms with Crippen molar-refractivity contribution in [3.05, 3.63) is 70.7 Å². The smallest absolute Gasteiger partial charge is 0.271 e. The van der Waals surface area contributed by atoms with E-state index in [4.69, 9.17) is 11.6 Å². The van der Waals surface area contributed by atoms with Crippen molar-refractivity contribution < 1.29 is 4.79 Å². The van der Waals surface area contributed by atoms with Crippen molar-refractivity contribution in [2.75, 3.05) is 6.54 Å². The van der Waals surface area contributed by atoms with Gasteiger partial charge in [-0.05, 0) is 36.1 Å². The third-order valence-corrected chi connectivity index (χ3v) is 5.24. The molecule has 0 bridgehead atoms. The number of fused-ring (bicyclic) bond motifs is 1. The molecule has 0 fully saturated rings. The summed E-state index contributed by atoms with van der Waals surface area (Å²) in [4.78, 5) is 14.9. The molecule has 3 nitrogen and oxygen atoms in total. The highest BCUT2D eigenvalue weighted by Crippen LogP contribution is 2.27. The van der Waals surface area contributed by atoms with Gasteiger partial charge in [0.25, 0.3) is 5.91 Å². The number of carbonyl (C=O) groups is 1. The van der Waals surface area contributed by atoms with Gasteiger partial charge in [-0.1, -0.05) is 35.9 Å². The second-order valence-corrected chi connectivity index (χ2v) is 6.86. The average Bonchev–Trinajstić information content (AvgIpc) is 3.16. The number of aromatic nitrogens is 1. The molecule has 2 aromatic heterocycles. The van der Waals surface area contributed by atoms with E-state index in [2.05, 4.69) is 29.5 Å². The first kappa shape index (κ1) is 16.8. The lowest BCUT2D eigenvalue weighted by Crippen LogP contribution is -2.32. The Balaban J connectivity index is 1.95. The van der Waals surface area contributed by atoms with Crippen molar-refractivity contribution in [1.29, 1.82) is 0 Å². The van der Waals surface area contributed by atoms with Gasteiger partial charge in [-0.25, -0.2) is 0 Å². The first-order valence-corrected chi connectivity index (χ1v) is 9.11. The molecule has 2 heterocycles. The zero-order valence-corrected chi connectivity index (χ0v) is 15.1. The third-order valence-electron chi connectivity index (χ3n) is 4.01. The van der Waals surface area contributed by atoms with Gasteiger partial charge >= 0.3 is 0 Å². The molecule has 1 amide bonds. The van der Waals surface area contributed by atoms with Gasteiger partial charge in [0, 0.05) is 24.7 Å². The van der Waals surface area contributed by atoms with Crippen LogP contribution in [0.4, 0.5) is 0 Å². The number of nitrogens with zero attached hydrogens (tertiary/aromatic N) is 2. The molecule has 3 aromatic rings. The van der Waals surface area contributed by atoms with Gasteiger partial charge in [0.2, 0.25) is 0 Å². The van der Waals surface area contributed by atoms with Crippen molar-refractivity contribution in [3.8, 4) is 0 Å². The molecule has 0 aliphatic rings. The first-order valence-electron chi connectivity index (χ1n) is 7.86. The second kappa shape index (κ2) is 7.24. The predicted octanol–water partition coefficient (Wildman–Crippen LogP) is 5.20. The third kappa shape index (κ3) is 3.12. The Morgan fingerprint density at radius 1 is 1.38 bits per heavy atom. The van der Waals surface area contributed by atoms with E-state index in [1.54, 1.807) is 22.3 Å².